The van der Waals surface area contributed by atoms with Crippen molar-refractivity contribution in [1.29, 1.82) is 0 Å². The van der Waals surface area contributed by atoms with E-state index in [9.17, 15) is 0 Å². The minimum absolute atomic E-state index is 0.579. The molecule has 0 saturated carbocycles. The number of anilines is 3. The molecule has 2 N–H and O–H groups in total. The monoisotopic (exact) mass is 382 g/mol. The summed E-state index contributed by atoms with van der Waals surface area (Å²) in [6, 6.07) is 20.3. The van der Waals surface area contributed by atoms with Crippen LogP contribution in [0.25, 0.3) is 0 Å². The molecule has 0 aliphatic heterocycles. The van der Waals surface area contributed by atoms with Crippen molar-refractivity contribution >= 4 is 33.4 Å². The molecular formula is C19H19BrN4. The highest BCUT2D eigenvalue weighted by Gasteiger charge is 2.02. The molecule has 0 unspecified atom stereocenters. The van der Waals surface area contributed by atoms with Gasteiger partial charge in [-0.25, -0.2) is 4.98 Å². The Balaban J connectivity index is 1.53. The molecule has 4 nitrogen and oxygen atoms in total. The van der Waals surface area contributed by atoms with Crippen LogP contribution in [-0.4, -0.2) is 16.5 Å². The van der Waals surface area contributed by atoms with E-state index in [1.54, 1.807) is 6.20 Å². The van der Waals surface area contributed by atoms with Gasteiger partial charge in [-0.1, -0.05) is 42.5 Å². The Morgan fingerprint density at radius 2 is 1.71 bits per heavy atom. The maximum atomic E-state index is 4.50. The second-order valence-corrected chi connectivity index (χ2v) is 6.24. The van der Waals surface area contributed by atoms with Crippen molar-refractivity contribution in [2.75, 3.05) is 17.2 Å². The van der Waals surface area contributed by atoms with E-state index in [1.807, 2.05) is 36.4 Å². The van der Waals surface area contributed by atoms with Gasteiger partial charge in [0.25, 0.3) is 0 Å². The maximum absolute atomic E-state index is 4.50. The van der Waals surface area contributed by atoms with E-state index in [1.165, 1.54) is 5.56 Å². The molecular weight excluding hydrogens is 364 g/mol. The Morgan fingerprint density at radius 3 is 2.54 bits per heavy atom. The summed E-state index contributed by atoms with van der Waals surface area (Å²) < 4.78 is 0.981. The highest BCUT2D eigenvalue weighted by Crippen LogP contribution is 2.23. The normalized spacial score (nSPS) is 10.4. The van der Waals surface area contributed by atoms with Gasteiger partial charge < -0.3 is 10.6 Å². The second kappa shape index (κ2) is 8.45. The lowest BCUT2D eigenvalue weighted by Gasteiger charge is -2.09. The van der Waals surface area contributed by atoms with Crippen LogP contribution in [0.15, 0.2) is 71.3 Å². The van der Waals surface area contributed by atoms with Crippen molar-refractivity contribution in [2.45, 2.75) is 12.8 Å². The van der Waals surface area contributed by atoms with E-state index in [4.69, 9.17) is 0 Å². The predicted octanol–water partition coefficient (Wildman–Crippen LogP) is 5.03. The number of hydrogen-bond acceptors (Lipinski definition) is 4. The van der Waals surface area contributed by atoms with E-state index < -0.39 is 0 Å². The van der Waals surface area contributed by atoms with Crippen LogP contribution >= 0.6 is 15.9 Å². The fourth-order valence-electron chi connectivity index (χ4n) is 2.35. The summed E-state index contributed by atoms with van der Waals surface area (Å²) in [7, 11) is 0. The first-order chi connectivity index (χ1) is 11.8. The Bertz CT molecular complexity index is 777. The first-order valence-electron chi connectivity index (χ1n) is 7.94. The van der Waals surface area contributed by atoms with Gasteiger partial charge in [-0.2, -0.15) is 4.98 Å². The number of para-hydroxylation sites is 1. The molecule has 0 spiro atoms. The Morgan fingerprint density at radius 1 is 0.917 bits per heavy atom. The average Bonchev–Trinajstić information content (AvgIpc) is 2.62. The molecule has 1 heterocycles. The van der Waals surface area contributed by atoms with Gasteiger partial charge in [0.2, 0.25) is 5.95 Å². The summed E-state index contributed by atoms with van der Waals surface area (Å²) >= 11 is 3.51. The molecule has 0 fully saturated rings. The Kier molecular flexibility index (Phi) is 5.80. The molecule has 0 atom stereocenters. The molecule has 0 bridgehead atoms. The predicted molar refractivity (Wildman–Crippen MR) is 103 cm³/mol. The lowest BCUT2D eigenvalue weighted by atomic mass is 10.1. The van der Waals surface area contributed by atoms with E-state index in [-0.39, 0.29) is 0 Å². The largest absolute Gasteiger partial charge is 0.370 e. The SMILES string of the molecule is Brc1ccccc1Nc1nccc(NCCCc2ccccc2)n1. The number of halogens is 1. The van der Waals surface area contributed by atoms with Crippen LogP contribution in [0.2, 0.25) is 0 Å². The molecule has 122 valence electrons. The molecule has 1 aromatic heterocycles. The van der Waals surface area contributed by atoms with Crippen molar-refractivity contribution in [1.82, 2.24) is 9.97 Å². The second-order valence-electron chi connectivity index (χ2n) is 5.39. The van der Waals surface area contributed by atoms with Gasteiger partial charge in [0, 0.05) is 17.2 Å². The lowest BCUT2D eigenvalue weighted by molar-refractivity contribution is 0.858. The molecule has 0 aliphatic rings. The third-order valence-corrected chi connectivity index (χ3v) is 4.26. The molecule has 24 heavy (non-hydrogen) atoms. The minimum atomic E-state index is 0.579. The molecule has 3 aromatic rings. The summed E-state index contributed by atoms with van der Waals surface area (Å²) in [6.45, 7) is 0.875. The summed E-state index contributed by atoms with van der Waals surface area (Å²) in [4.78, 5) is 8.77. The van der Waals surface area contributed by atoms with Gasteiger partial charge in [0.1, 0.15) is 5.82 Å². The third kappa shape index (κ3) is 4.80. The molecule has 0 amide bonds. The van der Waals surface area contributed by atoms with Crippen LogP contribution < -0.4 is 10.6 Å². The van der Waals surface area contributed by atoms with Gasteiger partial charge in [0.05, 0.1) is 5.69 Å². The topological polar surface area (TPSA) is 49.8 Å². The highest BCUT2D eigenvalue weighted by atomic mass is 79.9. The maximum Gasteiger partial charge on any atom is 0.229 e. The zero-order valence-electron chi connectivity index (χ0n) is 13.2. The van der Waals surface area contributed by atoms with Gasteiger partial charge in [-0.3, -0.25) is 0 Å². The van der Waals surface area contributed by atoms with Crippen molar-refractivity contribution in [3.8, 4) is 0 Å². The summed E-state index contributed by atoms with van der Waals surface area (Å²) in [5.41, 5.74) is 2.30. The van der Waals surface area contributed by atoms with Crippen molar-refractivity contribution in [2.24, 2.45) is 0 Å². The first kappa shape index (κ1) is 16.5. The Labute approximate surface area is 150 Å². The van der Waals surface area contributed by atoms with Crippen molar-refractivity contribution in [3.63, 3.8) is 0 Å². The highest BCUT2D eigenvalue weighted by molar-refractivity contribution is 9.10. The number of aryl methyl sites for hydroxylation is 1. The lowest BCUT2D eigenvalue weighted by Crippen LogP contribution is -2.06. The van der Waals surface area contributed by atoms with Crippen LogP contribution in [0.5, 0.6) is 0 Å². The minimum Gasteiger partial charge on any atom is -0.370 e. The van der Waals surface area contributed by atoms with Crippen molar-refractivity contribution < 1.29 is 0 Å². The fraction of sp³-hybridized carbons (Fsp3) is 0.158. The quantitative estimate of drug-likeness (QED) is 0.562. The Hall–Kier alpha value is -2.40. The van der Waals surface area contributed by atoms with E-state index in [0.717, 1.165) is 35.4 Å². The van der Waals surface area contributed by atoms with E-state index in [0.29, 0.717) is 5.95 Å². The smallest absolute Gasteiger partial charge is 0.229 e. The van der Waals surface area contributed by atoms with E-state index in [2.05, 4.69) is 60.8 Å². The zero-order valence-corrected chi connectivity index (χ0v) is 14.8. The zero-order chi connectivity index (χ0) is 16.6. The number of aromatic nitrogens is 2. The van der Waals surface area contributed by atoms with Crippen LogP contribution in [0.4, 0.5) is 17.5 Å². The van der Waals surface area contributed by atoms with Crippen LogP contribution in [-0.2, 0) is 6.42 Å². The number of nitrogens with one attached hydrogen (secondary N) is 2. The van der Waals surface area contributed by atoms with Gasteiger partial charge in [-0.05, 0) is 52.5 Å². The molecule has 0 radical (unpaired) electrons. The average molecular weight is 383 g/mol. The summed E-state index contributed by atoms with van der Waals surface area (Å²) in [5, 5.41) is 6.57. The number of rotatable bonds is 7. The first-order valence-corrected chi connectivity index (χ1v) is 8.73. The molecule has 3 rings (SSSR count). The number of nitrogens with zero attached hydrogens (tertiary/aromatic N) is 2. The van der Waals surface area contributed by atoms with Gasteiger partial charge >= 0.3 is 0 Å². The van der Waals surface area contributed by atoms with Crippen LogP contribution in [0, 0.1) is 0 Å². The summed E-state index contributed by atoms with van der Waals surface area (Å²) in [5.74, 6) is 1.41. The van der Waals surface area contributed by atoms with Crippen LogP contribution in [0.3, 0.4) is 0 Å². The van der Waals surface area contributed by atoms with Gasteiger partial charge in [0.15, 0.2) is 0 Å². The number of benzene rings is 2. The molecule has 0 aliphatic carbocycles. The number of hydrogen-bond donors (Lipinski definition) is 2. The van der Waals surface area contributed by atoms with Gasteiger partial charge in [-0.15, -0.1) is 0 Å². The fourth-order valence-corrected chi connectivity index (χ4v) is 2.74. The summed E-state index contributed by atoms with van der Waals surface area (Å²) in [6.07, 6.45) is 3.87. The molecule has 2 aromatic carbocycles. The van der Waals surface area contributed by atoms with Crippen molar-refractivity contribution in [3.05, 3.63) is 76.9 Å². The molecule has 0 saturated heterocycles. The molecule has 5 heteroatoms. The van der Waals surface area contributed by atoms with Crippen LogP contribution in [0.1, 0.15) is 12.0 Å². The standard InChI is InChI=1S/C19H19BrN4/c20-16-10-4-5-11-17(16)23-19-22-14-12-18(24-19)21-13-6-9-15-7-2-1-3-8-15/h1-5,7-8,10-12,14H,6,9,13H2,(H2,21,22,23,24). The third-order valence-electron chi connectivity index (χ3n) is 3.57. The van der Waals surface area contributed by atoms with E-state index >= 15 is 0 Å².